The van der Waals surface area contributed by atoms with E-state index < -0.39 is 4.92 Å². The van der Waals surface area contributed by atoms with Crippen LogP contribution in [0.4, 0.5) is 5.69 Å². The van der Waals surface area contributed by atoms with E-state index in [1.165, 1.54) is 6.07 Å². The average Bonchev–Trinajstić information content (AvgIpc) is 2.85. The van der Waals surface area contributed by atoms with Gasteiger partial charge in [0.2, 0.25) is 0 Å². The van der Waals surface area contributed by atoms with Crippen LogP contribution in [0.15, 0.2) is 30.5 Å². The summed E-state index contributed by atoms with van der Waals surface area (Å²) < 4.78 is 0. The predicted molar refractivity (Wildman–Crippen MR) is 68.1 cm³/mol. The number of benzene rings is 1. The van der Waals surface area contributed by atoms with Crippen LogP contribution in [-0.2, 0) is 6.54 Å². The third kappa shape index (κ3) is 2.54. The molecular formula is C12H14N4O2. The van der Waals surface area contributed by atoms with Gasteiger partial charge in [-0.1, -0.05) is 19.1 Å². The fourth-order valence-corrected chi connectivity index (χ4v) is 1.68. The summed E-state index contributed by atoms with van der Waals surface area (Å²) in [6, 6.07) is 6.56. The molecule has 18 heavy (non-hydrogen) atoms. The largest absolute Gasteiger partial charge is 0.341 e. The molecular weight excluding hydrogens is 232 g/mol. The summed E-state index contributed by atoms with van der Waals surface area (Å²) in [5.74, 6) is 0.523. The van der Waals surface area contributed by atoms with Gasteiger partial charge in [0, 0.05) is 24.5 Å². The van der Waals surface area contributed by atoms with Gasteiger partial charge in [0.1, 0.15) is 5.82 Å². The number of H-pyrrole nitrogens is 1. The smallest absolute Gasteiger partial charge is 0.280 e. The number of para-hydroxylation sites is 1. The number of aromatic nitrogens is 2. The number of nitrogens with zero attached hydrogens (tertiary/aromatic N) is 2. The van der Waals surface area contributed by atoms with Gasteiger partial charge in [0.25, 0.3) is 5.69 Å². The Labute approximate surface area is 104 Å². The third-order valence-electron chi connectivity index (χ3n) is 2.55. The molecule has 1 aromatic heterocycles. The highest BCUT2D eigenvalue weighted by atomic mass is 16.6. The Morgan fingerprint density at radius 1 is 1.44 bits per heavy atom. The van der Waals surface area contributed by atoms with E-state index in [0.29, 0.717) is 17.9 Å². The quantitative estimate of drug-likeness (QED) is 0.625. The van der Waals surface area contributed by atoms with Crippen molar-refractivity contribution in [2.45, 2.75) is 13.5 Å². The van der Waals surface area contributed by atoms with Crippen LogP contribution >= 0.6 is 0 Å². The van der Waals surface area contributed by atoms with Crippen molar-refractivity contribution >= 4 is 5.69 Å². The van der Waals surface area contributed by atoms with Gasteiger partial charge in [-0.15, -0.1) is 0 Å². The second-order valence-electron chi connectivity index (χ2n) is 3.81. The zero-order valence-electron chi connectivity index (χ0n) is 10.0. The van der Waals surface area contributed by atoms with E-state index in [0.717, 1.165) is 12.2 Å². The van der Waals surface area contributed by atoms with Crippen molar-refractivity contribution in [2.24, 2.45) is 0 Å². The molecule has 0 saturated carbocycles. The van der Waals surface area contributed by atoms with Crippen LogP contribution in [0.2, 0.25) is 0 Å². The lowest BCUT2D eigenvalue weighted by Gasteiger charge is -1.99. The monoisotopic (exact) mass is 246 g/mol. The first-order chi connectivity index (χ1) is 8.72. The molecule has 0 aliphatic carbocycles. The highest BCUT2D eigenvalue weighted by Crippen LogP contribution is 2.26. The number of rotatable bonds is 5. The standard InChI is InChI=1S/C12H14N4O2/c1-2-13-7-9-8-14-12(15-9)10-5-3-4-6-11(10)16(17)18/h3-6,8,13H,2,7H2,1H3,(H,14,15). The summed E-state index contributed by atoms with van der Waals surface area (Å²) in [6.07, 6.45) is 1.69. The van der Waals surface area contributed by atoms with Gasteiger partial charge >= 0.3 is 0 Å². The van der Waals surface area contributed by atoms with E-state index in [9.17, 15) is 10.1 Å². The molecule has 6 nitrogen and oxygen atoms in total. The van der Waals surface area contributed by atoms with Crippen molar-refractivity contribution in [3.63, 3.8) is 0 Å². The van der Waals surface area contributed by atoms with Gasteiger partial charge < -0.3 is 10.3 Å². The minimum absolute atomic E-state index is 0.0573. The first-order valence-corrected chi connectivity index (χ1v) is 5.70. The van der Waals surface area contributed by atoms with Crippen LogP contribution < -0.4 is 5.32 Å². The summed E-state index contributed by atoms with van der Waals surface area (Å²) >= 11 is 0. The Hall–Kier alpha value is -2.21. The molecule has 0 aliphatic heterocycles. The fraction of sp³-hybridized carbons (Fsp3) is 0.250. The van der Waals surface area contributed by atoms with Crippen LogP contribution in [0.1, 0.15) is 12.6 Å². The Morgan fingerprint density at radius 3 is 2.94 bits per heavy atom. The highest BCUT2D eigenvalue weighted by Gasteiger charge is 2.16. The molecule has 94 valence electrons. The van der Waals surface area contributed by atoms with Crippen LogP contribution in [-0.4, -0.2) is 21.4 Å². The van der Waals surface area contributed by atoms with Crippen molar-refractivity contribution in [1.82, 2.24) is 15.3 Å². The normalized spacial score (nSPS) is 10.5. The number of hydrogen-bond acceptors (Lipinski definition) is 4. The number of imidazole rings is 1. The average molecular weight is 246 g/mol. The molecule has 2 rings (SSSR count). The third-order valence-corrected chi connectivity index (χ3v) is 2.55. The molecule has 0 saturated heterocycles. The minimum atomic E-state index is -0.401. The van der Waals surface area contributed by atoms with Gasteiger partial charge in [-0.25, -0.2) is 4.98 Å². The summed E-state index contributed by atoms with van der Waals surface area (Å²) in [4.78, 5) is 17.8. The van der Waals surface area contributed by atoms with E-state index in [4.69, 9.17) is 0 Å². The van der Waals surface area contributed by atoms with Crippen LogP contribution in [0, 0.1) is 10.1 Å². The number of nitro groups is 1. The number of nitrogens with one attached hydrogen (secondary N) is 2. The van der Waals surface area contributed by atoms with Crippen molar-refractivity contribution in [2.75, 3.05) is 6.54 Å². The first-order valence-electron chi connectivity index (χ1n) is 5.70. The number of hydrogen-bond donors (Lipinski definition) is 2. The van der Waals surface area contributed by atoms with E-state index in [1.807, 2.05) is 6.92 Å². The van der Waals surface area contributed by atoms with Gasteiger partial charge in [-0.3, -0.25) is 10.1 Å². The second-order valence-corrected chi connectivity index (χ2v) is 3.81. The van der Waals surface area contributed by atoms with Crippen LogP contribution in [0.3, 0.4) is 0 Å². The van der Waals surface area contributed by atoms with Gasteiger partial charge in [-0.05, 0) is 12.6 Å². The first kappa shape index (κ1) is 12.3. The zero-order valence-corrected chi connectivity index (χ0v) is 10.0. The molecule has 1 heterocycles. The maximum absolute atomic E-state index is 10.9. The number of aromatic amines is 1. The molecule has 2 N–H and O–H groups in total. The Kier molecular flexibility index (Phi) is 3.69. The lowest BCUT2D eigenvalue weighted by atomic mass is 10.2. The fourth-order valence-electron chi connectivity index (χ4n) is 1.68. The summed E-state index contributed by atoms with van der Waals surface area (Å²) in [5, 5.41) is 14.1. The van der Waals surface area contributed by atoms with Gasteiger partial charge in [0.15, 0.2) is 0 Å². The van der Waals surface area contributed by atoms with Crippen molar-refractivity contribution in [3.8, 4) is 11.4 Å². The Bertz CT molecular complexity index is 551. The Morgan fingerprint density at radius 2 is 2.22 bits per heavy atom. The van der Waals surface area contributed by atoms with E-state index in [-0.39, 0.29) is 5.69 Å². The molecule has 6 heteroatoms. The second kappa shape index (κ2) is 5.42. The van der Waals surface area contributed by atoms with Gasteiger partial charge in [-0.2, -0.15) is 0 Å². The predicted octanol–water partition coefficient (Wildman–Crippen LogP) is 2.09. The van der Waals surface area contributed by atoms with E-state index in [2.05, 4.69) is 15.3 Å². The summed E-state index contributed by atoms with van der Waals surface area (Å²) in [7, 11) is 0. The molecule has 0 atom stereocenters. The zero-order chi connectivity index (χ0) is 13.0. The van der Waals surface area contributed by atoms with E-state index >= 15 is 0 Å². The maximum atomic E-state index is 10.9. The lowest BCUT2D eigenvalue weighted by Crippen LogP contribution is -2.11. The SMILES string of the molecule is CCNCc1cnc(-c2ccccc2[N+](=O)[O-])[nH]1. The molecule has 0 bridgehead atoms. The molecule has 0 aliphatic rings. The molecule has 1 aromatic carbocycles. The van der Waals surface area contributed by atoms with Crippen LogP contribution in [0.5, 0.6) is 0 Å². The van der Waals surface area contributed by atoms with Gasteiger partial charge in [0.05, 0.1) is 10.5 Å². The minimum Gasteiger partial charge on any atom is -0.341 e. The molecule has 0 unspecified atom stereocenters. The van der Waals surface area contributed by atoms with E-state index in [1.54, 1.807) is 24.4 Å². The summed E-state index contributed by atoms with van der Waals surface area (Å²) in [6.45, 7) is 3.54. The van der Waals surface area contributed by atoms with Crippen molar-refractivity contribution in [3.05, 3.63) is 46.3 Å². The lowest BCUT2D eigenvalue weighted by molar-refractivity contribution is -0.384. The Balaban J connectivity index is 2.31. The van der Waals surface area contributed by atoms with Crippen molar-refractivity contribution in [1.29, 1.82) is 0 Å². The number of nitro benzene ring substituents is 1. The van der Waals surface area contributed by atoms with Crippen LogP contribution in [0.25, 0.3) is 11.4 Å². The molecule has 0 radical (unpaired) electrons. The maximum Gasteiger partial charge on any atom is 0.280 e. The topological polar surface area (TPSA) is 83.8 Å². The summed E-state index contributed by atoms with van der Waals surface area (Å²) in [5.41, 5.74) is 1.47. The molecule has 0 spiro atoms. The molecule has 0 amide bonds. The highest BCUT2D eigenvalue weighted by molar-refractivity contribution is 5.67. The van der Waals surface area contributed by atoms with Crippen molar-refractivity contribution < 1.29 is 4.92 Å². The molecule has 0 fully saturated rings. The molecule has 2 aromatic rings.